The van der Waals surface area contributed by atoms with Gasteiger partial charge in [0.25, 0.3) is 5.91 Å². The summed E-state index contributed by atoms with van der Waals surface area (Å²) in [5.41, 5.74) is -1.20. The Morgan fingerprint density at radius 2 is 1.75 bits per heavy atom. The molecule has 3 saturated carbocycles. The average molecular weight is 544 g/mol. The van der Waals surface area contributed by atoms with E-state index in [0.717, 1.165) is 12.1 Å². The molecule has 3 aliphatic rings. The molecule has 2 aromatic rings. The number of amides is 1. The van der Waals surface area contributed by atoms with Crippen LogP contribution in [-0.4, -0.2) is 52.7 Å². The SMILES string of the molecule is Cc1cc(Cl)c(S(=O)(=O)[C@H]2CC3[C@@H](C)C(C2)[C@]3(O)[C@H](O)[C@H](C)O)cc1C(=O)Nc1ccc(F)c(F)c1. The Morgan fingerprint density at radius 1 is 1.14 bits per heavy atom. The summed E-state index contributed by atoms with van der Waals surface area (Å²) in [5, 5.41) is 32.8. The normalized spacial score (nSPS) is 29.2. The van der Waals surface area contributed by atoms with Crippen LogP contribution in [0.1, 0.15) is 42.6 Å². The van der Waals surface area contributed by atoms with Crippen molar-refractivity contribution in [1.82, 2.24) is 0 Å². The van der Waals surface area contributed by atoms with Crippen LogP contribution in [0.2, 0.25) is 5.02 Å². The van der Waals surface area contributed by atoms with Gasteiger partial charge in [0.05, 0.1) is 26.9 Å². The van der Waals surface area contributed by atoms with E-state index in [1.54, 1.807) is 6.92 Å². The van der Waals surface area contributed by atoms with Gasteiger partial charge in [0, 0.05) is 17.3 Å². The number of aliphatic hydroxyl groups is 3. The molecule has 36 heavy (non-hydrogen) atoms. The van der Waals surface area contributed by atoms with Crippen LogP contribution in [0.4, 0.5) is 14.5 Å². The molecule has 2 unspecified atom stereocenters. The number of rotatable bonds is 6. The number of nitrogens with one attached hydrogen (secondary N) is 1. The molecule has 11 heteroatoms. The van der Waals surface area contributed by atoms with Crippen LogP contribution in [0.25, 0.3) is 0 Å². The Bertz CT molecular complexity index is 1300. The number of hydrogen-bond donors (Lipinski definition) is 4. The molecule has 2 bridgehead atoms. The summed E-state index contributed by atoms with van der Waals surface area (Å²) in [6.45, 7) is 4.81. The first-order chi connectivity index (χ1) is 16.7. The van der Waals surface area contributed by atoms with Gasteiger partial charge in [-0.25, -0.2) is 17.2 Å². The predicted octanol–water partition coefficient (Wildman–Crippen LogP) is 3.47. The van der Waals surface area contributed by atoms with Gasteiger partial charge in [0.2, 0.25) is 0 Å². The van der Waals surface area contributed by atoms with E-state index in [-0.39, 0.29) is 39.9 Å². The molecule has 0 spiro atoms. The molecule has 0 aliphatic heterocycles. The van der Waals surface area contributed by atoms with Crippen LogP contribution >= 0.6 is 11.6 Å². The lowest BCUT2D eigenvalue weighted by molar-refractivity contribution is -0.277. The molecule has 196 valence electrons. The van der Waals surface area contributed by atoms with E-state index in [0.29, 0.717) is 5.56 Å². The standard InChI is InChI=1S/C25H28ClF2NO6S/c1-11-6-19(26)22(10-16(11)24(32)29-14-4-5-20(27)21(28)7-14)36(34,35)15-8-17-12(2)18(9-15)25(17,33)23(31)13(3)30/h4-7,10,12-13,15,17-18,23,30-31,33H,8-9H2,1-3H3,(H,29,32)/t12-,13-,15+,17?,18?,23+,25+/m0/s1. The Balaban J connectivity index is 1.62. The number of benzene rings is 2. The van der Waals surface area contributed by atoms with Crippen LogP contribution in [0.3, 0.4) is 0 Å². The largest absolute Gasteiger partial charge is 0.391 e. The molecule has 3 fully saturated rings. The van der Waals surface area contributed by atoms with Crippen LogP contribution in [-0.2, 0) is 9.84 Å². The van der Waals surface area contributed by atoms with E-state index in [1.807, 2.05) is 6.92 Å². The fourth-order valence-electron chi connectivity index (χ4n) is 5.89. The van der Waals surface area contributed by atoms with Crippen LogP contribution in [0, 0.1) is 36.3 Å². The first kappa shape index (κ1) is 26.9. The molecule has 5 rings (SSSR count). The predicted molar refractivity (Wildman–Crippen MR) is 129 cm³/mol. The van der Waals surface area contributed by atoms with E-state index in [9.17, 15) is 37.3 Å². The molecule has 0 saturated heterocycles. The first-order valence-electron chi connectivity index (χ1n) is 11.6. The Hall–Kier alpha value is -2.11. The monoisotopic (exact) mass is 543 g/mol. The summed E-state index contributed by atoms with van der Waals surface area (Å²) in [5.74, 6) is -4.06. The Morgan fingerprint density at radius 3 is 2.31 bits per heavy atom. The van der Waals surface area contributed by atoms with E-state index >= 15 is 0 Å². The topological polar surface area (TPSA) is 124 Å². The highest BCUT2D eigenvalue weighted by atomic mass is 35.5. The lowest BCUT2D eigenvalue weighted by Gasteiger charge is -2.64. The van der Waals surface area contributed by atoms with Gasteiger partial charge in [0.15, 0.2) is 21.5 Å². The van der Waals surface area contributed by atoms with Crippen molar-refractivity contribution in [3.8, 4) is 0 Å². The number of sulfone groups is 1. The van der Waals surface area contributed by atoms with Gasteiger partial charge in [-0.05, 0) is 74.3 Å². The smallest absolute Gasteiger partial charge is 0.255 e. The molecule has 7 nitrogen and oxygen atoms in total. The number of anilines is 1. The molecule has 0 radical (unpaired) electrons. The number of hydrogen-bond acceptors (Lipinski definition) is 6. The maximum absolute atomic E-state index is 13.6. The highest BCUT2D eigenvalue weighted by Gasteiger charge is 2.67. The minimum Gasteiger partial charge on any atom is -0.391 e. The molecule has 0 aromatic heterocycles. The third-order valence-corrected chi connectivity index (χ3v) is 10.5. The molecule has 1 amide bonds. The summed E-state index contributed by atoms with van der Waals surface area (Å²) in [6, 6.07) is 5.38. The van der Waals surface area contributed by atoms with Crippen molar-refractivity contribution in [3.63, 3.8) is 0 Å². The maximum atomic E-state index is 13.6. The highest BCUT2D eigenvalue weighted by molar-refractivity contribution is 7.92. The molecular formula is C25H28ClF2NO6S. The molecule has 2 aromatic carbocycles. The van der Waals surface area contributed by atoms with Crippen molar-refractivity contribution in [3.05, 3.63) is 58.1 Å². The van der Waals surface area contributed by atoms with Crippen LogP contribution < -0.4 is 5.32 Å². The van der Waals surface area contributed by atoms with Crippen molar-refractivity contribution < 1.29 is 37.3 Å². The third-order valence-electron chi connectivity index (χ3n) is 7.87. The van der Waals surface area contributed by atoms with Crippen LogP contribution in [0.5, 0.6) is 0 Å². The molecule has 3 aliphatic carbocycles. The Labute approximate surface area is 213 Å². The highest BCUT2D eigenvalue weighted by Crippen LogP contribution is 2.61. The minimum absolute atomic E-state index is 0.00178. The van der Waals surface area contributed by atoms with Crippen LogP contribution in [0.15, 0.2) is 35.2 Å². The molecular weight excluding hydrogens is 516 g/mol. The molecule has 4 N–H and O–H groups in total. The molecule has 4 atom stereocenters. The summed E-state index contributed by atoms with van der Waals surface area (Å²) in [6.07, 6.45) is -2.47. The van der Waals surface area contributed by atoms with Gasteiger partial charge in [-0.3, -0.25) is 4.79 Å². The van der Waals surface area contributed by atoms with Gasteiger partial charge in [-0.1, -0.05) is 18.5 Å². The maximum Gasteiger partial charge on any atom is 0.255 e. The van der Waals surface area contributed by atoms with Crippen molar-refractivity contribution in [2.24, 2.45) is 17.8 Å². The van der Waals surface area contributed by atoms with Gasteiger partial charge < -0.3 is 20.6 Å². The minimum atomic E-state index is -4.05. The lowest BCUT2D eigenvalue weighted by Crippen LogP contribution is -2.73. The van der Waals surface area contributed by atoms with Gasteiger partial charge in [0.1, 0.15) is 6.10 Å². The summed E-state index contributed by atoms with van der Waals surface area (Å²) < 4.78 is 54.0. The van der Waals surface area contributed by atoms with Crippen molar-refractivity contribution in [2.75, 3.05) is 5.32 Å². The third kappa shape index (κ3) is 4.22. The summed E-state index contributed by atoms with van der Waals surface area (Å²) in [7, 11) is -4.05. The number of carbonyl (C=O) groups is 1. The second kappa shape index (κ2) is 9.33. The van der Waals surface area contributed by atoms with E-state index in [1.165, 1.54) is 25.1 Å². The number of fused-ring (bicyclic) bond motifs is 2. The second-order valence-corrected chi connectivity index (χ2v) is 12.6. The van der Waals surface area contributed by atoms with Gasteiger partial charge in [-0.15, -0.1) is 0 Å². The zero-order chi connectivity index (χ0) is 26.7. The lowest BCUT2D eigenvalue weighted by atomic mass is 9.46. The Kier molecular flexibility index (Phi) is 6.98. The van der Waals surface area contributed by atoms with E-state index < -0.39 is 62.3 Å². The molecule has 0 heterocycles. The van der Waals surface area contributed by atoms with Crippen molar-refractivity contribution >= 4 is 33.0 Å². The summed E-state index contributed by atoms with van der Waals surface area (Å²) in [4.78, 5) is 12.6. The zero-order valence-corrected chi connectivity index (χ0v) is 21.4. The summed E-state index contributed by atoms with van der Waals surface area (Å²) >= 11 is 6.31. The number of aryl methyl sites for hydroxylation is 1. The average Bonchev–Trinajstić information content (AvgIpc) is 2.81. The van der Waals surface area contributed by atoms with Gasteiger partial charge >= 0.3 is 0 Å². The fraction of sp³-hybridized carbons (Fsp3) is 0.480. The fourth-order valence-corrected chi connectivity index (χ4v) is 8.33. The van der Waals surface area contributed by atoms with Gasteiger partial charge in [-0.2, -0.15) is 0 Å². The number of halogens is 3. The second-order valence-electron chi connectivity index (χ2n) is 9.96. The number of carbonyl (C=O) groups excluding carboxylic acids is 1. The van der Waals surface area contributed by atoms with Crippen molar-refractivity contribution in [1.29, 1.82) is 0 Å². The zero-order valence-electron chi connectivity index (χ0n) is 19.9. The first-order valence-corrected chi connectivity index (χ1v) is 13.5. The van der Waals surface area contributed by atoms with E-state index in [4.69, 9.17) is 11.6 Å². The number of aliphatic hydroxyl groups excluding tert-OH is 2. The van der Waals surface area contributed by atoms with Crippen molar-refractivity contribution in [2.45, 2.75) is 61.6 Å². The van der Waals surface area contributed by atoms with E-state index in [2.05, 4.69) is 5.32 Å². The quantitative estimate of drug-likeness (QED) is 0.442.